The number of thiazole rings is 1. The molecule has 1 aromatic heterocycles. The van der Waals surface area contributed by atoms with Gasteiger partial charge in [0.2, 0.25) is 5.91 Å². The van der Waals surface area contributed by atoms with E-state index < -0.39 is 5.97 Å². The van der Waals surface area contributed by atoms with Crippen LogP contribution in [0.1, 0.15) is 24.3 Å². The summed E-state index contributed by atoms with van der Waals surface area (Å²) in [7, 11) is 0. The maximum absolute atomic E-state index is 12.3. The lowest BCUT2D eigenvalue weighted by molar-refractivity contribution is -0.145. The number of hydrogen-bond acceptors (Lipinski definition) is 4. The predicted octanol–water partition coefficient (Wildman–Crippen LogP) is 3.31. The van der Waals surface area contributed by atoms with Crippen molar-refractivity contribution >= 4 is 49.4 Å². The third kappa shape index (κ3) is 3.90. The van der Waals surface area contributed by atoms with Gasteiger partial charge in [0.1, 0.15) is 0 Å². The number of nitrogens with zero attached hydrogens (tertiary/aromatic N) is 2. The molecule has 1 N–H and O–H groups in total. The van der Waals surface area contributed by atoms with Crippen molar-refractivity contribution in [2.75, 3.05) is 13.1 Å². The highest BCUT2D eigenvalue weighted by atomic mass is 79.9. The van der Waals surface area contributed by atoms with Crippen LogP contribution in [0.5, 0.6) is 0 Å². The van der Waals surface area contributed by atoms with E-state index in [-0.39, 0.29) is 11.8 Å². The van der Waals surface area contributed by atoms with Crippen LogP contribution < -0.4 is 0 Å². The lowest BCUT2D eigenvalue weighted by Crippen LogP contribution is -2.40. The second-order valence-electron chi connectivity index (χ2n) is 5.71. The molecule has 2 aromatic rings. The molecule has 0 unspecified atom stereocenters. The van der Waals surface area contributed by atoms with Gasteiger partial charge < -0.3 is 10.0 Å². The van der Waals surface area contributed by atoms with Crippen LogP contribution in [0.15, 0.2) is 22.7 Å². The Balaban J connectivity index is 1.55. The van der Waals surface area contributed by atoms with Gasteiger partial charge in [0, 0.05) is 30.4 Å². The molecule has 0 atom stereocenters. The minimum absolute atomic E-state index is 0.0919. The van der Waals surface area contributed by atoms with Crippen LogP contribution in [-0.4, -0.2) is 40.0 Å². The largest absolute Gasteiger partial charge is 0.481 e. The number of carboxylic acids is 1. The van der Waals surface area contributed by atoms with Gasteiger partial charge in [0.25, 0.3) is 0 Å². The molecule has 7 heteroatoms. The molecule has 1 amide bonds. The van der Waals surface area contributed by atoms with Crippen LogP contribution in [0.4, 0.5) is 0 Å². The molecular formula is C16H17BrN2O3S. The van der Waals surface area contributed by atoms with E-state index in [1.807, 2.05) is 18.2 Å². The molecule has 0 bridgehead atoms. The Morgan fingerprint density at radius 3 is 2.78 bits per heavy atom. The average Bonchev–Trinajstić information content (AvgIpc) is 2.94. The zero-order chi connectivity index (χ0) is 16.4. The summed E-state index contributed by atoms with van der Waals surface area (Å²) in [6, 6.07) is 5.99. The smallest absolute Gasteiger partial charge is 0.306 e. The molecule has 1 fully saturated rings. The van der Waals surface area contributed by atoms with Gasteiger partial charge in [-0.1, -0.05) is 15.9 Å². The van der Waals surface area contributed by atoms with Crippen molar-refractivity contribution in [3.8, 4) is 0 Å². The summed E-state index contributed by atoms with van der Waals surface area (Å²) in [5.74, 6) is -0.964. The molecule has 2 heterocycles. The fraction of sp³-hybridized carbons (Fsp3) is 0.438. The molecule has 1 aliphatic rings. The van der Waals surface area contributed by atoms with E-state index in [2.05, 4.69) is 20.9 Å². The van der Waals surface area contributed by atoms with Crippen LogP contribution in [-0.2, 0) is 16.0 Å². The van der Waals surface area contributed by atoms with Gasteiger partial charge in [-0.25, -0.2) is 4.98 Å². The van der Waals surface area contributed by atoms with E-state index in [9.17, 15) is 9.59 Å². The molecule has 23 heavy (non-hydrogen) atoms. The molecule has 122 valence electrons. The number of carbonyl (C=O) groups is 2. The molecule has 0 saturated carbocycles. The molecule has 5 nitrogen and oxygen atoms in total. The normalized spacial score (nSPS) is 16.0. The number of rotatable bonds is 4. The Labute approximate surface area is 146 Å². The van der Waals surface area contributed by atoms with Crippen LogP contribution in [0.3, 0.4) is 0 Å². The van der Waals surface area contributed by atoms with Crippen LogP contribution >= 0.6 is 27.3 Å². The zero-order valence-electron chi connectivity index (χ0n) is 12.5. The topological polar surface area (TPSA) is 70.5 Å². The Bertz CT molecular complexity index is 738. The van der Waals surface area contributed by atoms with Gasteiger partial charge in [0.05, 0.1) is 21.1 Å². The summed E-state index contributed by atoms with van der Waals surface area (Å²) in [4.78, 5) is 29.5. The Morgan fingerprint density at radius 2 is 2.09 bits per heavy atom. The Kier molecular flexibility index (Phi) is 4.96. The lowest BCUT2D eigenvalue weighted by atomic mass is 9.97. The fourth-order valence-electron chi connectivity index (χ4n) is 2.80. The monoisotopic (exact) mass is 396 g/mol. The molecule has 1 saturated heterocycles. The second-order valence-corrected chi connectivity index (χ2v) is 7.74. The summed E-state index contributed by atoms with van der Waals surface area (Å²) in [6.45, 7) is 1.09. The second kappa shape index (κ2) is 6.97. The van der Waals surface area contributed by atoms with Crippen molar-refractivity contribution in [1.29, 1.82) is 0 Å². The summed E-state index contributed by atoms with van der Waals surface area (Å²) < 4.78 is 2.12. The highest BCUT2D eigenvalue weighted by Gasteiger charge is 2.26. The zero-order valence-corrected chi connectivity index (χ0v) is 14.9. The van der Waals surface area contributed by atoms with Crippen molar-refractivity contribution in [2.24, 2.45) is 5.92 Å². The van der Waals surface area contributed by atoms with Crippen molar-refractivity contribution in [3.05, 3.63) is 27.7 Å². The number of benzene rings is 1. The van der Waals surface area contributed by atoms with Crippen LogP contribution in [0.25, 0.3) is 10.2 Å². The average molecular weight is 397 g/mol. The molecule has 3 rings (SSSR count). The van der Waals surface area contributed by atoms with Gasteiger partial charge in [-0.05, 0) is 31.0 Å². The first kappa shape index (κ1) is 16.4. The maximum Gasteiger partial charge on any atom is 0.306 e. The van der Waals surface area contributed by atoms with Crippen molar-refractivity contribution in [3.63, 3.8) is 0 Å². The fourth-order valence-corrected chi connectivity index (χ4v) is 4.10. The maximum atomic E-state index is 12.3. The van der Waals surface area contributed by atoms with Gasteiger partial charge in [-0.3, -0.25) is 9.59 Å². The number of carboxylic acid groups (broad SMARTS) is 1. The molecule has 1 aromatic carbocycles. The number of aromatic nitrogens is 1. The number of piperidine rings is 1. The quantitative estimate of drug-likeness (QED) is 0.860. The third-order valence-corrected chi connectivity index (χ3v) is 5.73. The SMILES string of the molecule is O=C(O)C1CCN(C(=O)CCc2nc3cc(Br)ccc3s2)CC1. The molecule has 1 aliphatic heterocycles. The molecule has 0 spiro atoms. The third-order valence-electron chi connectivity index (χ3n) is 4.14. The number of aryl methyl sites for hydroxylation is 1. The standard InChI is InChI=1S/C16H17BrN2O3S/c17-11-1-2-13-12(9-11)18-14(23-13)3-4-15(20)19-7-5-10(6-8-19)16(21)22/h1-2,9-10H,3-8H2,(H,21,22). The van der Waals surface area contributed by atoms with Crippen molar-refractivity contribution in [2.45, 2.75) is 25.7 Å². The number of fused-ring (bicyclic) bond motifs is 1. The number of amides is 1. The minimum Gasteiger partial charge on any atom is -0.481 e. The Hall–Kier alpha value is -1.47. The highest BCUT2D eigenvalue weighted by molar-refractivity contribution is 9.10. The number of halogens is 1. The lowest BCUT2D eigenvalue weighted by Gasteiger charge is -2.30. The minimum atomic E-state index is -0.752. The Morgan fingerprint density at radius 1 is 1.35 bits per heavy atom. The van der Waals surface area contributed by atoms with Crippen LogP contribution in [0, 0.1) is 5.92 Å². The van der Waals surface area contributed by atoms with E-state index >= 15 is 0 Å². The summed E-state index contributed by atoms with van der Waals surface area (Å²) in [5.41, 5.74) is 0.953. The van der Waals surface area contributed by atoms with E-state index in [0.717, 1.165) is 19.7 Å². The first-order valence-electron chi connectivity index (χ1n) is 7.58. The first-order valence-corrected chi connectivity index (χ1v) is 9.19. The highest BCUT2D eigenvalue weighted by Crippen LogP contribution is 2.26. The van der Waals surface area contributed by atoms with E-state index in [4.69, 9.17) is 5.11 Å². The number of carbonyl (C=O) groups excluding carboxylic acids is 1. The first-order chi connectivity index (χ1) is 11.0. The van der Waals surface area contributed by atoms with Crippen molar-refractivity contribution < 1.29 is 14.7 Å². The van der Waals surface area contributed by atoms with Gasteiger partial charge in [-0.2, -0.15) is 0 Å². The number of aliphatic carboxylic acids is 1. The van der Waals surface area contributed by atoms with Gasteiger partial charge in [-0.15, -0.1) is 11.3 Å². The van der Waals surface area contributed by atoms with E-state index in [1.54, 1.807) is 16.2 Å². The van der Waals surface area contributed by atoms with Gasteiger partial charge >= 0.3 is 5.97 Å². The number of likely N-dealkylation sites (tertiary alicyclic amines) is 1. The molecule has 0 aliphatic carbocycles. The summed E-state index contributed by atoms with van der Waals surface area (Å²) in [6.07, 6.45) is 2.17. The summed E-state index contributed by atoms with van der Waals surface area (Å²) in [5, 5.41) is 9.95. The van der Waals surface area contributed by atoms with E-state index in [1.165, 1.54) is 0 Å². The predicted molar refractivity (Wildman–Crippen MR) is 92.6 cm³/mol. The van der Waals surface area contributed by atoms with Crippen molar-refractivity contribution in [1.82, 2.24) is 9.88 Å². The molecule has 0 radical (unpaired) electrons. The van der Waals surface area contributed by atoms with E-state index in [0.29, 0.717) is 38.8 Å². The van der Waals surface area contributed by atoms with Crippen LogP contribution in [0.2, 0.25) is 0 Å². The summed E-state index contributed by atoms with van der Waals surface area (Å²) >= 11 is 5.05. The number of hydrogen-bond donors (Lipinski definition) is 1. The van der Waals surface area contributed by atoms with Gasteiger partial charge in [0.15, 0.2) is 0 Å². The molecular weight excluding hydrogens is 380 g/mol.